The number of nitrogens with two attached hydrogens (primary N) is 1. The number of carbonyl (C=O) groups is 1. The van der Waals surface area contributed by atoms with E-state index in [1.165, 1.54) is 17.0 Å². The van der Waals surface area contributed by atoms with Gasteiger partial charge in [-0.25, -0.2) is 8.78 Å². The monoisotopic (exact) mass is 432 g/mol. The number of fused-ring (bicyclic) bond motifs is 1. The van der Waals surface area contributed by atoms with Crippen molar-refractivity contribution in [2.75, 3.05) is 19.6 Å². The Bertz CT molecular complexity index is 1030. The molecule has 3 unspecified atom stereocenters. The van der Waals surface area contributed by atoms with Crippen molar-refractivity contribution in [2.24, 2.45) is 5.73 Å². The lowest BCUT2D eigenvalue weighted by Gasteiger charge is -2.16. The van der Waals surface area contributed by atoms with E-state index in [9.17, 15) is 18.1 Å². The van der Waals surface area contributed by atoms with Gasteiger partial charge in [0.1, 0.15) is 12.0 Å². The average molecular weight is 432 g/mol. The lowest BCUT2D eigenvalue weighted by atomic mass is 10.1. The zero-order valence-electron chi connectivity index (χ0n) is 16.1. The van der Waals surface area contributed by atoms with Gasteiger partial charge < -0.3 is 20.2 Å². The maximum atomic E-state index is 13.4. The molecule has 0 saturated carbocycles. The normalized spacial score (nSPS) is 20.1. The molecule has 1 fully saturated rings. The second kappa shape index (κ2) is 8.73. The van der Waals surface area contributed by atoms with E-state index in [2.05, 4.69) is 9.71 Å². The van der Waals surface area contributed by atoms with Crippen molar-refractivity contribution in [3.8, 4) is 11.1 Å². The van der Waals surface area contributed by atoms with Crippen LogP contribution in [0.1, 0.15) is 6.42 Å². The molecule has 9 heteroatoms. The number of H-pyrrole nitrogens is 1. The topological polar surface area (TPSA) is 97.2 Å². The van der Waals surface area contributed by atoms with E-state index in [0.29, 0.717) is 10.4 Å². The highest BCUT2D eigenvalue weighted by Gasteiger charge is 2.32. The fourth-order valence-electron chi connectivity index (χ4n) is 3.58. The Morgan fingerprint density at radius 1 is 1.27 bits per heavy atom. The molecular formula is C21H22F2N4O2S. The third-order valence-corrected chi connectivity index (χ3v) is 6.41. The summed E-state index contributed by atoms with van der Waals surface area (Å²) in [5.41, 5.74) is 8.14. The summed E-state index contributed by atoms with van der Waals surface area (Å²) in [6, 6.07) is 11.1. The van der Waals surface area contributed by atoms with Crippen LogP contribution in [0.4, 0.5) is 8.78 Å². The van der Waals surface area contributed by atoms with Gasteiger partial charge in [-0.15, -0.1) is 4.72 Å². The number of benzene rings is 2. The highest BCUT2D eigenvalue weighted by molar-refractivity contribution is 7.89. The van der Waals surface area contributed by atoms with E-state index < -0.39 is 23.6 Å². The van der Waals surface area contributed by atoms with Gasteiger partial charge in [-0.1, -0.05) is 0 Å². The number of alkyl halides is 1. The van der Waals surface area contributed by atoms with E-state index in [4.69, 9.17) is 5.73 Å². The van der Waals surface area contributed by atoms with Crippen LogP contribution >= 0.6 is 0 Å². The summed E-state index contributed by atoms with van der Waals surface area (Å²) in [4.78, 5) is 17.1. The summed E-state index contributed by atoms with van der Waals surface area (Å²) in [6.45, 7) is 0.444. The van der Waals surface area contributed by atoms with Gasteiger partial charge in [0.25, 0.3) is 0 Å². The molecule has 6 nitrogen and oxygen atoms in total. The first kappa shape index (κ1) is 20.8. The molecule has 0 bridgehead atoms. The van der Waals surface area contributed by atoms with Gasteiger partial charge in [0, 0.05) is 35.6 Å². The third-order valence-electron chi connectivity index (χ3n) is 5.24. The number of nitrogens with one attached hydrogen (secondary N) is 2. The van der Waals surface area contributed by atoms with Crippen LogP contribution in [0.25, 0.3) is 22.0 Å². The Kier molecular flexibility index (Phi) is 6.05. The molecule has 0 radical (unpaired) electrons. The number of amides is 1. The summed E-state index contributed by atoms with van der Waals surface area (Å²) in [6.07, 6.45) is 0.743. The highest BCUT2D eigenvalue weighted by atomic mass is 32.2. The number of nitrogens with zero attached hydrogens (tertiary/aromatic N) is 1. The Morgan fingerprint density at radius 2 is 2.03 bits per heavy atom. The van der Waals surface area contributed by atoms with Crippen molar-refractivity contribution in [1.29, 1.82) is 0 Å². The summed E-state index contributed by atoms with van der Waals surface area (Å²) >= 11 is -1.48. The second-order valence-electron chi connectivity index (χ2n) is 7.31. The molecule has 0 spiro atoms. The van der Waals surface area contributed by atoms with Crippen LogP contribution in [0.15, 0.2) is 53.6 Å². The van der Waals surface area contributed by atoms with Crippen molar-refractivity contribution in [3.05, 3.63) is 54.5 Å². The van der Waals surface area contributed by atoms with E-state index >= 15 is 0 Å². The number of aromatic nitrogens is 1. The van der Waals surface area contributed by atoms with Gasteiger partial charge in [-0.05, 0) is 48.0 Å². The van der Waals surface area contributed by atoms with Crippen LogP contribution in [-0.4, -0.2) is 52.2 Å². The lowest BCUT2D eigenvalue weighted by molar-refractivity contribution is -0.130. The first-order valence-electron chi connectivity index (χ1n) is 9.62. The minimum absolute atomic E-state index is 0.0189. The summed E-state index contributed by atoms with van der Waals surface area (Å²) in [7, 11) is 0. The number of hydrogen-bond acceptors (Lipinski definition) is 4. The Labute approximate surface area is 175 Å². The number of hydrogen-bond donors (Lipinski definition) is 3. The number of halogens is 2. The molecule has 4 rings (SSSR count). The molecule has 158 valence electrons. The van der Waals surface area contributed by atoms with Crippen molar-refractivity contribution in [1.82, 2.24) is 14.6 Å². The van der Waals surface area contributed by atoms with Crippen molar-refractivity contribution < 1.29 is 18.1 Å². The fraction of sp³-hybridized carbons (Fsp3) is 0.286. The van der Waals surface area contributed by atoms with Crippen molar-refractivity contribution in [2.45, 2.75) is 23.5 Å². The smallest absolute Gasteiger partial charge is 0.224 e. The van der Waals surface area contributed by atoms with Crippen LogP contribution in [0.2, 0.25) is 0 Å². The minimum Gasteiger partial charge on any atom is -0.593 e. The Balaban J connectivity index is 1.34. The first-order valence-corrected chi connectivity index (χ1v) is 10.8. The summed E-state index contributed by atoms with van der Waals surface area (Å²) in [5, 5.41) is 0.902. The van der Waals surface area contributed by atoms with Crippen molar-refractivity contribution in [3.63, 3.8) is 0 Å². The molecule has 2 aromatic carbocycles. The third kappa shape index (κ3) is 4.34. The van der Waals surface area contributed by atoms with Gasteiger partial charge >= 0.3 is 0 Å². The summed E-state index contributed by atoms with van der Waals surface area (Å²) in [5.74, 6) is -0.510. The van der Waals surface area contributed by atoms with Crippen LogP contribution in [-0.2, 0) is 16.2 Å². The molecule has 3 aromatic rings. The molecular weight excluding hydrogens is 410 g/mol. The number of rotatable bonds is 6. The molecule has 1 aliphatic rings. The van der Waals surface area contributed by atoms with Gasteiger partial charge in [-0.2, -0.15) is 0 Å². The highest BCUT2D eigenvalue weighted by Crippen LogP contribution is 2.29. The SMILES string of the molecule is NC1CN(C(=O)CCN[S+]([O-])c2ccc(-c3c[nH]c4cc(F)ccc34)cc2)CC1F. The molecule has 1 aromatic heterocycles. The van der Waals surface area contributed by atoms with Gasteiger partial charge in [-0.3, -0.25) is 4.79 Å². The van der Waals surface area contributed by atoms with Gasteiger partial charge in [0.2, 0.25) is 5.91 Å². The average Bonchev–Trinajstić information content (AvgIpc) is 3.30. The number of aromatic amines is 1. The molecule has 0 aliphatic carbocycles. The quantitative estimate of drug-likeness (QED) is 0.522. The van der Waals surface area contributed by atoms with Crippen LogP contribution in [0.3, 0.4) is 0 Å². The first-order chi connectivity index (χ1) is 14.4. The molecule has 4 N–H and O–H groups in total. The van der Waals surface area contributed by atoms with Gasteiger partial charge in [0.15, 0.2) is 4.90 Å². The largest absolute Gasteiger partial charge is 0.593 e. The maximum Gasteiger partial charge on any atom is 0.224 e. The molecule has 30 heavy (non-hydrogen) atoms. The Hall–Kier alpha value is -2.46. The molecule has 1 amide bonds. The predicted octanol–water partition coefficient (Wildman–Crippen LogP) is 2.48. The maximum absolute atomic E-state index is 13.4. The molecule has 1 aliphatic heterocycles. The van der Waals surface area contributed by atoms with E-state index in [1.807, 2.05) is 18.3 Å². The number of likely N-dealkylation sites (tertiary alicyclic amines) is 1. The molecule has 2 heterocycles. The van der Waals surface area contributed by atoms with Crippen molar-refractivity contribution >= 4 is 28.2 Å². The second-order valence-corrected chi connectivity index (χ2v) is 8.61. The van der Waals surface area contributed by atoms with Crippen LogP contribution in [0, 0.1) is 5.82 Å². The van der Waals surface area contributed by atoms with E-state index in [1.54, 1.807) is 18.2 Å². The molecule has 1 saturated heterocycles. The van der Waals surface area contributed by atoms with Gasteiger partial charge in [0.05, 0.1) is 30.5 Å². The number of carbonyl (C=O) groups excluding carboxylic acids is 1. The predicted molar refractivity (Wildman–Crippen MR) is 112 cm³/mol. The van der Waals surface area contributed by atoms with E-state index in [-0.39, 0.29) is 37.8 Å². The standard InChI is InChI=1S/C21H22F2N4O2S/c22-14-3-6-16-17(10-25-20(16)9-14)13-1-4-15(5-2-13)30(29)26-8-7-21(28)27-11-18(23)19(24)12-27/h1-6,9-10,18-19,25-26H,7-8,11-12,24H2. The van der Waals surface area contributed by atoms with Crippen LogP contribution in [0.5, 0.6) is 0 Å². The molecule has 3 atom stereocenters. The zero-order valence-corrected chi connectivity index (χ0v) is 16.9. The fourth-order valence-corrected chi connectivity index (χ4v) is 4.42. The van der Waals surface area contributed by atoms with Crippen LogP contribution < -0.4 is 10.5 Å². The summed E-state index contributed by atoms with van der Waals surface area (Å²) < 4.78 is 42.1. The Morgan fingerprint density at radius 3 is 2.73 bits per heavy atom. The van der Waals surface area contributed by atoms with E-state index in [0.717, 1.165) is 16.5 Å². The lowest BCUT2D eigenvalue weighted by Crippen LogP contribution is -2.35. The minimum atomic E-state index is -1.48. The zero-order chi connectivity index (χ0) is 21.3.